The van der Waals surface area contributed by atoms with E-state index in [9.17, 15) is 4.79 Å². The van der Waals surface area contributed by atoms with Crippen molar-refractivity contribution in [3.63, 3.8) is 0 Å². The van der Waals surface area contributed by atoms with Crippen molar-refractivity contribution >= 4 is 49.6 Å². The zero-order valence-corrected chi connectivity index (χ0v) is 16.0. The molecule has 5 rings (SSSR count). The van der Waals surface area contributed by atoms with Crippen LogP contribution < -0.4 is 0 Å². The summed E-state index contributed by atoms with van der Waals surface area (Å²) in [6, 6.07) is 10.5. The number of oxazole rings is 1. The number of carbonyl (C=O) groups is 1. The van der Waals surface area contributed by atoms with Crippen LogP contribution >= 0.6 is 0 Å². The Labute approximate surface area is 160 Å². The van der Waals surface area contributed by atoms with Crippen molar-refractivity contribution in [2.45, 2.75) is 26.7 Å². The number of nitrogens with zero attached hydrogens (tertiary/aromatic N) is 1. The molecule has 0 fully saturated rings. The van der Waals surface area contributed by atoms with Crippen LogP contribution in [0.4, 0.5) is 0 Å². The number of methoxy groups -OCH3 is 1. The van der Waals surface area contributed by atoms with Gasteiger partial charge >= 0.3 is 5.97 Å². The highest BCUT2D eigenvalue weighted by Gasteiger charge is 2.21. The first-order chi connectivity index (χ1) is 13.6. The molecule has 0 radical (unpaired) electrons. The largest absolute Gasteiger partial charge is 0.469 e. The second-order valence-electron chi connectivity index (χ2n) is 7.14. The minimum Gasteiger partial charge on any atom is -0.469 e. The predicted molar refractivity (Wildman–Crippen MR) is 109 cm³/mol. The quantitative estimate of drug-likeness (QED) is 0.304. The lowest BCUT2D eigenvalue weighted by Gasteiger charge is -2.07. The normalized spacial score (nSPS) is 11.8. The van der Waals surface area contributed by atoms with Gasteiger partial charge in [0, 0.05) is 17.2 Å². The summed E-state index contributed by atoms with van der Waals surface area (Å²) in [5.74, 6) is 0.247. The topological polar surface area (TPSA) is 65.5 Å². The molecule has 0 aliphatic rings. The zero-order chi connectivity index (χ0) is 19.4. The fourth-order valence-electron chi connectivity index (χ4n) is 4.01. The Kier molecular flexibility index (Phi) is 3.66. The van der Waals surface area contributed by atoms with E-state index in [4.69, 9.17) is 18.6 Å². The Morgan fingerprint density at radius 3 is 2.64 bits per heavy atom. The highest BCUT2D eigenvalue weighted by atomic mass is 16.5. The minimum atomic E-state index is -0.280. The van der Waals surface area contributed by atoms with E-state index in [0.29, 0.717) is 17.9 Å². The molecule has 0 spiro atoms. The highest BCUT2D eigenvalue weighted by molar-refractivity contribution is 6.28. The van der Waals surface area contributed by atoms with Crippen LogP contribution in [-0.4, -0.2) is 18.1 Å². The zero-order valence-electron chi connectivity index (χ0n) is 16.0. The third kappa shape index (κ3) is 2.32. The monoisotopic (exact) mass is 373 g/mol. The Balaban J connectivity index is 1.90. The number of aromatic nitrogens is 1. The lowest BCUT2D eigenvalue weighted by Crippen LogP contribution is -2.01. The molecule has 28 heavy (non-hydrogen) atoms. The van der Waals surface area contributed by atoms with Crippen LogP contribution in [0.3, 0.4) is 0 Å². The second-order valence-corrected chi connectivity index (χ2v) is 7.14. The molecular formula is C23H19NO4. The number of aryl methyl sites for hydroxylation is 3. The molecule has 0 saturated carbocycles. The van der Waals surface area contributed by atoms with E-state index in [-0.39, 0.29) is 12.4 Å². The number of esters is 1. The maximum absolute atomic E-state index is 11.5. The first-order valence-corrected chi connectivity index (χ1v) is 9.26. The summed E-state index contributed by atoms with van der Waals surface area (Å²) in [7, 11) is 1.38. The smallest absolute Gasteiger partial charge is 0.306 e. The molecule has 140 valence electrons. The van der Waals surface area contributed by atoms with Crippen molar-refractivity contribution < 1.29 is 18.4 Å². The standard InChI is InChI=1S/C23H19NO4/c1-12-5-4-6-15-14(12)7-8-16-20(15)21-23(19-13(2)11-27-22(16)19)28-17(24-21)9-10-18(25)26-3/h4-8,11H,9-10H2,1-3H3. The molecule has 3 aromatic carbocycles. The SMILES string of the molecule is COC(=O)CCc1nc2c(o1)c1c(C)coc1c1ccc3c(C)cccc3c12. The number of hydrogen-bond acceptors (Lipinski definition) is 5. The first kappa shape index (κ1) is 16.8. The number of rotatable bonds is 3. The summed E-state index contributed by atoms with van der Waals surface area (Å²) in [6.07, 6.45) is 2.38. The number of carbonyl (C=O) groups excluding carboxylic acids is 1. The van der Waals surface area contributed by atoms with Gasteiger partial charge in [0.15, 0.2) is 11.5 Å². The second kappa shape index (κ2) is 6.09. The molecule has 0 N–H and O–H groups in total. The number of benzene rings is 3. The maximum Gasteiger partial charge on any atom is 0.306 e. The van der Waals surface area contributed by atoms with Crippen LogP contribution in [0.25, 0.3) is 43.6 Å². The summed E-state index contributed by atoms with van der Waals surface area (Å²) in [4.78, 5) is 16.3. The number of hydrogen-bond donors (Lipinski definition) is 0. The average molecular weight is 373 g/mol. The molecule has 0 atom stereocenters. The predicted octanol–water partition coefficient (Wildman–Crippen LogP) is 5.60. The fourth-order valence-corrected chi connectivity index (χ4v) is 4.01. The molecule has 5 heteroatoms. The van der Waals surface area contributed by atoms with Crippen LogP contribution in [0.15, 0.2) is 45.4 Å². The van der Waals surface area contributed by atoms with E-state index in [1.807, 2.05) is 6.92 Å². The molecular weight excluding hydrogens is 354 g/mol. The summed E-state index contributed by atoms with van der Waals surface area (Å²) in [5, 5.41) is 5.27. The van der Waals surface area contributed by atoms with E-state index in [1.165, 1.54) is 18.1 Å². The van der Waals surface area contributed by atoms with Gasteiger partial charge in [-0.3, -0.25) is 4.79 Å². The van der Waals surface area contributed by atoms with Gasteiger partial charge in [-0.05, 0) is 41.8 Å². The molecule has 5 nitrogen and oxygen atoms in total. The van der Waals surface area contributed by atoms with Crippen LogP contribution in [0.1, 0.15) is 23.4 Å². The van der Waals surface area contributed by atoms with Crippen molar-refractivity contribution in [1.82, 2.24) is 4.98 Å². The summed E-state index contributed by atoms with van der Waals surface area (Å²) < 4.78 is 16.8. The Morgan fingerprint density at radius 2 is 1.82 bits per heavy atom. The average Bonchev–Trinajstić information content (AvgIpc) is 3.29. The van der Waals surface area contributed by atoms with Crippen LogP contribution in [0, 0.1) is 13.8 Å². The lowest BCUT2D eigenvalue weighted by atomic mass is 9.96. The molecule has 0 bridgehead atoms. The van der Waals surface area contributed by atoms with Crippen molar-refractivity contribution in [1.29, 1.82) is 0 Å². The number of furan rings is 1. The highest BCUT2D eigenvalue weighted by Crippen LogP contribution is 2.41. The Morgan fingerprint density at radius 1 is 1.00 bits per heavy atom. The van der Waals surface area contributed by atoms with Gasteiger partial charge in [0.2, 0.25) is 0 Å². The molecule has 0 unspecified atom stereocenters. The fraction of sp³-hybridized carbons (Fsp3) is 0.217. The Hall–Kier alpha value is -3.34. The van der Waals surface area contributed by atoms with Gasteiger partial charge in [0.05, 0.1) is 25.2 Å². The summed E-state index contributed by atoms with van der Waals surface area (Å²) in [6.45, 7) is 4.10. The van der Waals surface area contributed by atoms with E-state index in [0.717, 1.165) is 38.2 Å². The molecule has 0 aliphatic heterocycles. The molecule has 2 aromatic heterocycles. The molecule has 0 aliphatic carbocycles. The van der Waals surface area contributed by atoms with Crippen molar-refractivity contribution in [2.75, 3.05) is 7.11 Å². The van der Waals surface area contributed by atoms with Gasteiger partial charge in [-0.15, -0.1) is 0 Å². The van der Waals surface area contributed by atoms with Crippen LogP contribution in [-0.2, 0) is 16.0 Å². The first-order valence-electron chi connectivity index (χ1n) is 9.26. The van der Waals surface area contributed by atoms with Crippen LogP contribution in [0.5, 0.6) is 0 Å². The van der Waals surface area contributed by atoms with E-state index in [2.05, 4.69) is 37.3 Å². The van der Waals surface area contributed by atoms with E-state index >= 15 is 0 Å². The van der Waals surface area contributed by atoms with Crippen molar-refractivity contribution in [2.24, 2.45) is 0 Å². The van der Waals surface area contributed by atoms with E-state index in [1.54, 1.807) is 6.26 Å². The maximum atomic E-state index is 11.5. The van der Waals surface area contributed by atoms with Crippen LogP contribution in [0.2, 0.25) is 0 Å². The molecule has 0 amide bonds. The summed E-state index contributed by atoms with van der Waals surface area (Å²) in [5.41, 5.74) is 4.53. The molecule has 5 aromatic rings. The minimum absolute atomic E-state index is 0.231. The Bertz CT molecular complexity index is 1390. The van der Waals surface area contributed by atoms with Crippen molar-refractivity contribution in [3.05, 3.63) is 53.6 Å². The van der Waals surface area contributed by atoms with Gasteiger partial charge in [-0.25, -0.2) is 4.98 Å². The number of ether oxygens (including phenoxy) is 1. The van der Waals surface area contributed by atoms with Gasteiger partial charge in [-0.1, -0.05) is 24.3 Å². The molecule has 2 heterocycles. The van der Waals surface area contributed by atoms with E-state index < -0.39 is 0 Å². The van der Waals surface area contributed by atoms with Gasteiger partial charge in [0.1, 0.15) is 11.1 Å². The molecule has 0 saturated heterocycles. The van der Waals surface area contributed by atoms with Gasteiger partial charge in [-0.2, -0.15) is 0 Å². The van der Waals surface area contributed by atoms with Gasteiger partial charge in [0.25, 0.3) is 0 Å². The van der Waals surface area contributed by atoms with Crippen molar-refractivity contribution in [3.8, 4) is 0 Å². The summed E-state index contributed by atoms with van der Waals surface area (Å²) >= 11 is 0. The lowest BCUT2D eigenvalue weighted by molar-refractivity contribution is -0.140. The van der Waals surface area contributed by atoms with Gasteiger partial charge < -0.3 is 13.6 Å². The third-order valence-corrected chi connectivity index (χ3v) is 5.41. The number of fused-ring (bicyclic) bond motifs is 8. The third-order valence-electron chi connectivity index (χ3n) is 5.41.